The van der Waals surface area contributed by atoms with Gasteiger partial charge in [-0.1, -0.05) is 36.4 Å². The number of imidazole rings is 1. The van der Waals surface area contributed by atoms with Crippen LogP contribution in [0.2, 0.25) is 0 Å². The van der Waals surface area contributed by atoms with Gasteiger partial charge in [0.1, 0.15) is 0 Å². The second-order valence-electron chi connectivity index (χ2n) is 7.30. The zero-order valence-corrected chi connectivity index (χ0v) is 14.9. The third kappa shape index (κ3) is 3.14. The maximum atomic E-state index is 12.5. The van der Waals surface area contributed by atoms with Crippen molar-refractivity contribution < 1.29 is 0 Å². The topological polar surface area (TPSA) is 41.0 Å². The summed E-state index contributed by atoms with van der Waals surface area (Å²) in [4.78, 5) is 18.0. The fraction of sp³-hybridized carbons (Fsp3) is 0.381. The number of nitrogens with one attached hydrogen (secondary N) is 1. The van der Waals surface area contributed by atoms with Crippen LogP contribution in [0.25, 0.3) is 22.0 Å². The van der Waals surface area contributed by atoms with Crippen molar-refractivity contribution in [2.45, 2.75) is 38.8 Å². The molecule has 4 nitrogen and oxygen atoms in total. The van der Waals surface area contributed by atoms with Crippen LogP contribution >= 0.6 is 0 Å². The number of hydrogen-bond acceptors (Lipinski definition) is 2. The molecule has 4 heteroatoms. The van der Waals surface area contributed by atoms with Gasteiger partial charge in [-0.3, -0.25) is 4.57 Å². The van der Waals surface area contributed by atoms with E-state index in [1.807, 2.05) is 22.9 Å². The third-order valence-electron chi connectivity index (χ3n) is 5.43. The fourth-order valence-corrected chi connectivity index (χ4v) is 3.86. The molecule has 1 aliphatic heterocycles. The van der Waals surface area contributed by atoms with Gasteiger partial charge in [-0.05, 0) is 43.5 Å². The van der Waals surface area contributed by atoms with Crippen molar-refractivity contribution >= 4 is 10.8 Å². The van der Waals surface area contributed by atoms with E-state index in [1.165, 1.54) is 10.8 Å². The lowest BCUT2D eigenvalue weighted by Crippen LogP contribution is -2.40. The van der Waals surface area contributed by atoms with Crippen molar-refractivity contribution in [1.29, 1.82) is 0 Å². The van der Waals surface area contributed by atoms with Gasteiger partial charge in [-0.15, -0.1) is 0 Å². The molecule has 1 N–H and O–H groups in total. The van der Waals surface area contributed by atoms with Gasteiger partial charge < -0.3 is 9.88 Å². The minimum absolute atomic E-state index is 0.00570. The molecule has 25 heavy (non-hydrogen) atoms. The van der Waals surface area contributed by atoms with Crippen molar-refractivity contribution in [2.75, 3.05) is 13.1 Å². The van der Waals surface area contributed by atoms with Gasteiger partial charge in [0.2, 0.25) is 0 Å². The van der Waals surface area contributed by atoms with Crippen LogP contribution in [0.1, 0.15) is 32.7 Å². The van der Waals surface area contributed by atoms with Crippen LogP contribution in [0, 0.1) is 0 Å². The molecular weight excluding hydrogens is 310 g/mol. The molecule has 1 saturated heterocycles. The number of aromatic nitrogens is 2. The van der Waals surface area contributed by atoms with Gasteiger partial charge in [0.15, 0.2) is 0 Å². The summed E-state index contributed by atoms with van der Waals surface area (Å²) in [5, 5.41) is 2.41. The smallest absolute Gasteiger partial charge is 0.306 e. The van der Waals surface area contributed by atoms with Crippen LogP contribution in [-0.4, -0.2) is 33.6 Å². The first-order valence-electron chi connectivity index (χ1n) is 9.16. The Morgan fingerprint density at radius 1 is 1.04 bits per heavy atom. The molecular formula is C21H25N3O. The van der Waals surface area contributed by atoms with Crippen LogP contribution in [-0.2, 0) is 0 Å². The molecule has 0 amide bonds. The molecule has 2 heterocycles. The van der Waals surface area contributed by atoms with E-state index in [1.54, 1.807) is 0 Å². The Labute approximate surface area is 148 Å². The van der Waals surface area contributed by atoms with Crippen LogP contribution in [0.5, 0.6) is 0 Å². The normalized spacial score (nSPS) is 16.8. The van der Waals surface area contributed by atoms with E-state index < -0.39 is 0 Å². The molecule has 1 aliphatic rings. The summed E-state index contributed by atoms with van der Waals surface area (Å²) in [7, 11) is 0. The van der Waals surface area contributed by atoms with E-state index >= 15 is 0 Å². The molecule has 0 aliphatic carbocycles. The molecule has 1 aromatic heterocycles. The van der Waals surface area contributed by atoms with Crippen LogP contribution in [0.3, 0.4) is 0 Å². The van der Waals surface area contributed by atoms with E-state index in [0.717, 1.165) is 37.2 Å². The zero-order valence-electron chi connectivity index (χ0n) is 14.9. The third-order valence-corrected chi connectivity index (χ3v) is 5.43. The quantitative estimate of drug-likeness (QED) is 0.785. The number of benzene rings is 2. The fourth-order valence-electron chi connectivity index (χ4n) is 3.86. The van der Waals surface area contributed by atoms with E-state index in [-0.39, 0.29) is 5.69 Å². The Morgan fingerprint density at radius 3 is 2.48 bits per heavy atom. The Balaban J connectivity index is 1.60. The number of rotatable bonds is 3. The minimum Gasteiger partial charge on any atom is -0.306 e. The minimum atomic E-state index is 0.00570. The predicted octanol–water partition coefficient (Wildman–Crippen LogP) is 4.04. The van der Waals surface area contributed by atoms with Crippen molar-refractivity contribution in [3.8, 4) is 11.3 Å². The van der Waals surface area contributed by atoms with Crippen molar-refractivity contribution in [3.63, 3.8) is 0 Å². The van der Waals surface area contributed by atoms with Crippen molar-refractivity contribution in [2.24, 2.45) is 0 Å². The molecule has 0 saturated carbocycles. The number of likely N-dealkylation sites (tertiary alicyclic amines) is 1. The average Bonchev–Trinajstić information content (AvgIpc) is 3.03. The molecule has 2 aromatic carbocycles. The monoisotopic (exact) mass is 335 g/mol. The highest BCUT2D eigenvalue weighted by molar-refractivity contribution is 5.86. The maximum Gasteiger partial charge on any atom is 0.326 e. The number of nitrogens with zero attached hydrogens (tertiary/aromatic N) is 2. The average molecular weight is 335 g/mol. The van der Waals surface area contributed by atoms with Gasteiger partial charge in [0.25, 0.3) is 0 Å². The van der Waals surface area contributed by atoms with Gasteiger partial charge in [-0.25, -0.2) is 4.79 Å². The Hall–Kier alpha value is -2.33. The first-order valence-corrected chi connectivity index (χ1v) is 9.16. The van der Waals surface area contributed by atoms with Crippen molar-refractivity contribution in [1.82, 2.24) is 14.5 Å². The summed E-state index contributed by atoms with van der Waals surface area (Å²) in [6.45, 7) is 6.60. The summed E-state index contributed by atoms with van der Waals surface area (Å²) in [5.74, 6) is 0. The lowest BCUT2D eigenvalue weighted by Gasteiger charge is -2.34. The largest absolute Gasteiger partial charge is 0.326 e. The van der Waals surface area contributed by atoms with Gasteiger partial charge >= 0.3 is 5.69 Å². The summed E-state index contributed by atoms with van der Waals surface area (Å²) < 4.78 is 1.90. The molecule has 1 fully saturated rings. The highest BCUT2D eigenvalue weighted by Crippen LogP contribution is 2.26. The predicted molar refractivity (Wildman–Crippen MR) is 103 cm³/mol. The number of piperidine rings is 1. The summed E-state index contributed by atoms with van der Waals surface area (Å²) in [6, 6.07) is 15.5. The van der Waals surface area contributed by atoms with E-state index in [4.69, 9.17) is 0 Å². The van der Waals surface area contributed by atoms with Gasteiger partial charge in [0, 0.05) is 36.9 Å². The van der Waals surface area contributed by atoms with E-state index in [9.17, 15) is 4.79 Å². The molecule has 0 radical (unpaired) electrons. The second kappa shape index (κ2) is 6.52. The summed E-state index contributed by atoms with van der Waals surface area (Å²) >= 11 is 0. The molecule has 130 valence electrons. The van der Waals surface area contributed by atoms with Crippen molar-refractivity contribution in [3.05, 3.63) is 59.1 Å². The second-order valence-corrected chi connectivity index (χ2v) is 7.30. The van der Waals surface area contributed by atoms with Crippen LogP contribution in [0.15, 0.2) is 53.5 Å². The number of aromatic amines is 1. The Morgan fingerprint density at radius 2 is 1.76 bits per heavy atom. The Kier molecular flexibility index (Phi) is 4.22. The molecule has 0 spiro atoms. The van der Waals surface area contributed by atoms with Crippen LogP contribution < -0.4 is 5.69 Å². The SMILES string of the molecule is CC(C)N1CCC(n2cc(-c3ccc4ccccc4c3)[nH]c2=O)CC1. The van der Waals surface area contributed by atoms with E-state index in [2.05, 4.69) is 54.1 Å². The standard InChI is InChI=1S/C21H25N3O/c1-15(2)23-11-9-19(10-12-23)24-14-20(22-21(24)25)18-8-7-16-5-3-4-6-17(16)13-18/h3-8,13-15,19H,9-12H2,1-2H3,(H,22,25). The maximum absolute atomic E-state index is 12.5. The summed E-state index contributed by atoms with van der Waals surface area (Å²) in [5.41, 5.74) is 1.97. The molecule has 0 unspecified atom stereocenters. The Bertz CT molecular complexity index is 929. The number of fused-ring (bicyclic) bond motifs is 1. The van der Waals surface area contributed by atoms with Crippen LogP contribution in [0.4, 0.5) is 0 Å². The molecule has 0 bridgehead atoms. The first kappa shape index (κ1) is 16.2. The molecule has 3 aromatic rings. The van der Waals surface area contributed by atoms with Gasteiger partial charge in [-0.2, -0.15) is 0 Å². The first-order chi connectivity index (χ1) is 12.1. The zero-order chi connectivity index (χ0) is 17.4. The summed E-state index contributed by atoms with van der Waals surface area (Å²) in [6.07, 6.45) is 4.07. The lowest BCUT2D eigenvalue weighted by molar-refractivity contribution is 0.151. The number of hydrogen-bond donors (Lipinski definition) is 1. The molecule has 4 rings (SSSR count). The number of H-pyrrole nitrogens is 1. The van der Waals surface area contributed by atoms with Gasteiger partial charge in [0.05, 0.1) is 5.69 Å². The van der Waals surface area contributed by atoms with E-state index in [0.29, 0.717) is 12.1 Å². The highest BCUT2D eigenvalue weighted by atomic mass is 16.1. The molecule has 0 atom stereocenters. The lowest BCUT2D eigenvalue weighted by atomic mass is 10.0. The highest BCUT2D eigenvalue weighted by Gasteiger charge is 2.23.